The maximum atomic E-state index is 14.1. The monoisotopic (exact) mass is 592 g/mol. The first-order valence-corrected chi connectivity index (χ1v) is 15.3. The van der Waals surface area contributed by atoms with E-state index in [-0.39, 0.29) is 23.4 Å². The Labute approximate surface area is 257 Å². The standard InChI is InChI=1S/C36H40N4O4/c1-9-21-17(4)24-13-26-19(6)23(12-11-16(3)41)33(39-26)31-32(36(43)44-8)35(42)30-20(7)27(40-34(30)31)15-29-22(10-2)18(5)25(38-29)14-28(21)37-24/h9,13-15,19,23,32,37-40H,1,10-12H2,2-8H3/t19-,23-,32+/m0/s1. The van der Waals surface area contributed by atoms with Gasteiger partial charge in [-0.2, -0.15) is 0 Å². The average molecular weight is 593 g/mol. The number of ether oxygens (including phenoxy) is 1. The fourth-order valence-electron chi connectivity index (χ4n) is 7.36. The Hall–Kier alpha value is -4.59. The molecule has 8 nitrogen and oxygen atoms in total. The lowest BCUT2D eigenvalue weighted by molar-refractivity contribution is -0.141. The second-order valence-electron chi connectivity index (χ2n) is 12.3. The highest BCUT2D eigenvalue weighted by Crippen LogP contribution is 2.48. The molecule has 44 heavy (non-hydrogen) atoms. The number of H-pyrrole nitrogens is 3. The minimum Gasteiger partial charge on any atom is -0.468 e. The summed E-state index contributed by atoms with van der Waals surface area (Å²) in [6.45, 7) is 16.1. The van der Waals surface area contributed by atoms with E-state index >= 15 is 0 Å². The van der Waals surface area contributed by atoms with Crippen LogP contribution >= 0.6 is 0 Å². The van der Waals surface area contributed by atoms with Crippen LogP contribution in [0.3, 0.4) is 0 Å². The molecule has 5 heterocycles. The van der Waals surface area contributed by atoms with Gasteiger partial charge in [-0.05, 0) is 81.0 Å². The molecule has 1 saturated heterocycles. The smallest absolute Gasteiger partial charge is 0.321 e. The number of ketones is 2. The fourth-order valence-corrected chi connectivity index (χ4v) is 7.36. The van der Waals surface area contributed by atoms with E-state index in [1.165, 1.54) is 12.7 Å². The van der Waals surface area contributed by atoms with Gasteiger partial charge in [0.25, 0.3) is 0 Å². The Morgan fingerprint density at radius 1 is 0.977 bits per heavy atom. The van der Waals surface area contributed by atoms with Crippen LogP contribution in [-0.2, 0) is 20.7 Å². The number of aromatic nitrogens is 3. The number of nitrogens with one attached hydrogen (secondary N) is 4. The third-order valence-corrected chi connectivity index (χ3v) is 9.89. The molecular formula is C36H40N4O4. The fraction of sp³-hybridized carbons (Fsp3) is 0.361. The maximum Gasteiger partial charge on any atom is 0.321 e. The summed E-state index contributed by atoms with van der Waals surface area (Å²) in [6.07, 6.45) is 10.00. The molecule has 0 radical (unpaired) electrons. The number of rotatable bonds is 6. The number of carbonyl (C=O) groups excluding carboxylic acids is 3. The normalized spacial score (nSPS) is 20.2. The van der Waals surface area contributed by atoms with E-state index in [2.05, 4.69) is 72.8 Å². The third-order valence-electron chi connectivity index (χ3n) is 9.89. The Morgan fingerprint density at radius 2 is 1.68 bits per heavy atom. The summed E-state index contributed by atoms with van der Waals surface area (Å²) >= 11 is 0. The Bertz CT molecular complexity index is 1960. The topological polar surface area (TPSA) is 120 Å². The summed E-state index contributed by atoms with van der Waals surface area (Å²) < 4.78 is 5.19. The van der Waals surface area contributed by atoms with Crippen molar-refractivity contribution in [1.82, 2.24) is 20.3 Å². The summed E-state index contributed by atoms with van der Waals surface area (Å²) in [5, 5.41) is 5.62. The van der Waals surface area contributed by atoms with E-state index in [4.69, 9.17) is 4.74 Å². The van der Waals surface area contributed by atoms with E-state index in [9.17, 15) is 14.4 Å². The molecule has 2 aliphatic heterocycles. The first kappa shape index (κ1) is 29.5. The molecule has 0 unspecified atom stereocenters. The molecule has 1 aliphatic carbocycles. The summed E-state index contributed by atoms with van der Waals surface area (Å²) in [5.41, 5.74) is 11.5. The molecule has 3 aliphatic rings. The van der Waals surface area contributed by atoms with E-state index < -0.39 is 11.9 Å². The van der Waals surface area contributed by atoms with Crippen LogP contribution in [0.15, 0.2) is 18.0 Å². The SMILES string of the molecule is C=Cc1c2[nH]c(c1C)C=C1NC(=C3c4[nH]c(c(C)c4C(=O)[C@@H]3C(=O)OC)C=c3[nH]c(c(C)c3CC)=C2)[C@@H](CCC(C)=O)[C@@H]1C. The first-order valence-electron chi connectivity index (χ1n) is 15.3. The highest BCUT2D eigenvalue weighted by molar-refractivity contribution is 6.24. The number of hydrogen-bond acceptors (Lipinski definition) is 5. The number of esters is 1. The van der Waals surface area contributed by atoms with Gasteiger partial charge >= 0.3 is 5.97 Å². The van der Waals surface area contributed by atoms with Crippen LogP contribution in [-0.4, -0.2) is 39.6 Å². The van der Waals surface area contributed by atoms with Gasteiger partial charge in [-0.15, -0.1) is 0 Å². The number of fused-ring (bicyclic) bond motifs is 7. The number of methoxy groups -OCH3 is 1. The van der Waals surface area contributed by atoms with E-state index in [1.807, 2.05) is 13.0 Å². The average Bonchev–Trinajstić information content (AvgIpc) is 3.72. The molecular weight excluding hydrogens is 552 g/mol. The minimum absolute atomic E-state index is 0.00529. The van der Waals surface area contributed by atoms with Crippen LogP contribution in [0.25, 0.3) is 29.9 Å². The Balaban J connectivity index is 1.73. The van der Waals surface area contributed by atoms with E-state index in [0.29, 0.717) is 29.7 Å². The van der Waals surface area contributed by atoms with E-state index in [0.717, 1.165) is 67.8 Å². The van der Waals surface area contributed by atoms with Crippen molar-refractivity contribution in [3.63, 3.8) is 0 Å². The number of Topliss-reactive ketones (excluding diaryl/α,β-unsaturated/α-hetero) is 2. The molecule has 8 heteroatoms. The van der Waals surface area contributed by atoms with Crippen LogP contribution < -0.4 is 16.0 Å². The second kappa shape index (κ2) is 10.8. The van der Waals surface area contributed by atoms with Crippen molar-refractivity contribution in [2.24, 2.45) is 17.8 Å². The molecule has 4 N–H and O–H groups in total. The van der Waals surface area contributed by atoms with Gasteiger partial charge < -0.3 is 29.8 Å². The van der Waals surface area contributed by atoms with Crippen LogP contribution in [0.5, 0.6) is 0 Å². The van der Waals surface area contributed by atoms with Gasteiger partial charge in [0.15, 0.2) is 5.78 Å². The Morgan fingerprint density at radius 3 is 2.34 bits per heavy atom. The molecule has 228 valence electrons. The quantitative estimate of drug-likeness (QED) is 0.244. The lowest BCUT2D eigenvalue weighted by Gasteiger charge is -2.19. The molecule has 3 aromatic heterocycles. The predicted octanol–water partition coefficient (Wildman–Crippen LogP) is 4.73. The highest BCUT2D eigenvalue weighted by atomic mass is 16.5. The molecule has 0 aromatic carbocycles. The lowest BCUT2D eigenvalue weighted by Crippen LogP contribution is -2.25. The molecule has 6 rings (SSSR count). The zero-order valence-corrected chi connectivity index (χ0v) is 26.5. The number of aromatic amines is 3. The van der Waals surface area contributed by atoms with Gasteiger partial charge in [0.2, 0.25) is 0 Å². The molecule has 0 saturated carbocycles. The summed E-state index contributed by atoms with van der Waals surface area (Å²) in [7, 11) is 1.32. The van der Waals surface area contributed by atoms with Gasteiger partial charge in [0.05, 0.1) is 12.8 Å². The molecule has 1 fully saturated rings. The number of allylic oxidation sites excluding steroid dienone is 2. The van der Waals surface area contributed by atoms with Crippen LogP contribution in [0.1, 0.15) is 94.6 Å². The van der Waals surface area contributed by atoms with Crippen molar-refractivity contribution in [3.8, 4) is 0 Å². The lowest BCUT2D eigenvalue weighted by atomic mass is 9.84. The first-order chi connectivity index (χ1) is 21.0. The second-order valence-corrected chi connectivity index (χ2v) is 12.3. The zero-order chi connectivity index (χ0) is 31.6. The van der Waals surface area contributed by atoms with Gasteiger partial charge in [0, 0.05) is 74.1 Å². The number of carbonyl (C=O) groups is 3. The molecule has 3 atom stereocenters. The molecule has 0 spiro atoms. The van der Waals surface area contributed by atoms with Gasteiger partial charge in [-0.1, -0.05) is 26.5 Å². The molecule has 3 aromatic rings. The highest BCUT2D eigenvalue weighted by Gasteiger charge is 2.48. The van der Waals surface area contributed by atoms with Crippen LogP contribution in [0, 0.1) is 38.5 Å². The van der Waals surface area contributed by atoms with Crippen molar-refractivity contribution >= 4 is 47.4 Å². The minimum atomic E-state index is -1.09. The van der Waals surface area contributed by atoms with Crippen molar-refractivity contribution in [2.45, 2.75) is 60.8 Å². The zero-order valence-electron chi connectivity index (χ0n) is 26.5. The predicted molar refractivity (Wildman–Crippen MR) is 173 cm³/mol. The van der Waals surface area contributed by atoms with Gasteiger partial charge in [-0.3, -0.25) is 9.59 Å². The van der Waals surface area contributed by atoms with Gasteiger partial charge in [-0.25, -0.2) is 0 Å². The van der Waals surface area contributed by atoms with Crippen molar-refractivity contribution in [2.75, 3.05) is 7.11 Å². The van der Waals surface area contributed by atoms with Crippen LogP contribution in [0.2, 0.25) is 0 Å². The summed E-state index contributed by atoms with van der Waals surface area (Å²) in [6, 6.07) is 0. The van der Waals surface area contributed by atoms with Gasteiger partial charge in [0.1, 0.15) is 11.7 Å². The molecule has 0 amide bonds. The van der Waals surface area contributed by atoms with E-state index in [1.54, 1.807) is 6.92 Å². The number of hydrogen-bond donors (Lipinski definition) is 4. The largest absolute Gasteiger partial charge is 0.468 e. The summed E-state index contributed by atoms with van der Waals surface area (Å²) in [4.78, 5) is 50.3. The Kier molecular flexibility index (Phi) is 7.26. The van der Waals surface area contributed by atoms with Crippen molar-refractivity contribution in [3.05, 3.63) is 84.8 Å². The molecule has 8 bridgehead atoms. The summed E-state index contributed by atoms with van der Waals surface area (Å²) in [5.74, 6) is -1.97. The van der Waals surface area contributed by atoms with Crippen molar-refractivity contribution < 1.29 is 19.1 Å². The van der Waals surface area contributed by atoms with Crippen molar-refractivity contribution in [1.29, 1.82) is 0 Å². The third kappa shape index (κ3) is 4.38. The van der Waals surface area contributed by atoms with Crippen LogP contribution in [0.4, 0.5) is 0 Å². The maximum absolute atomic E-state index is 14.1.